The molecule has 1 fully saturated rings. The molecular formula is C19H20ClFN2OS. The first-order chi connectivity index (χ1) is 12.1. The first-order valence-corrected chi connectivity index (χ1v) is 9.76. The number of carbonyl (C=O) groups excluding carboxylic acids is 1. The molecule has 2 aromatic carbocycles. The minimum absolute atomic E-state index is 0.0219. The van der Waals surface area contributed by atoms with Crippen molar-refractivity contribution in [3.63, 3.8) is 0 Å². The summed E-state index contributed by atoms with van der Waals surface area (Å²) in [6, 6.07) is 12.2. The second kappa shape index (κ2) is 8.21. The Labute approximate surface area is 156 Å². The Morgan fingerprint density at radius 2 is 1.92 bits per heavy atom. The number of hydrogen-bond donors (Lipinski definition) is 0. The van der Waals surface area contributed by atoms with E-state index in [1.165, 1.54) is 6.07 Å². The number of benzene rings is 2. The fourth-order valence-corrected chi connectivity index (χ4v) is 3.61. The van der Waals surface area contributed by atoms with Crippen molar-refractivity contribution in [1.82, 2.24) is 9.80 Å². The minimum Gasteiger partial charge on any atom is -0.336 e. The topological polar surface area (TPSA) is 23.6 Å². The van der Waals surface area contributed by atoms with E-state index in [-0.39, 0.29) is 11.7 Å². The van der Waals surface area contributed by atoms with Crippen LogP contribution in [0.1, 0.15) is 15.9 Å². The molecule has 0 radical (unpaired) electrons. The monoisotopic (exact) mass is 378 g/mol. The predicted octanol–water partition coefficient (Wildman–Crippen LogP) is 4.16. The number of halogens is 2. The zero-order valence-corrected chi connectivity index (χ0v) is 15.6. The van der Waals surface area contributed by atoms with Gasteiger partial charge in [-0.1, -0.05) is 23.7 Å². The Bertz CT molecular complexity index is 763. The molecule has 1 aliphatic heterocycles. The van der Waals surface area contributed by atoms with Crippen LogP contribution in [0.15, 0.2) is 47.4 Å². The van der Waals surface area contributed by atoms with Crippen LogP contribution in [0.5, 0.6) is 0 Å². The van der Waals surface area contributed by atoms with Crippen molar-refractivity contribution in [2.24, 2.45) is 0 Å². The molecule has 1 aliphatic rings. The zero-order chi connectivity index (χ0) is 17.8. The van der Waals surface area contributed by atoms with Gasteiger partial charge in [-0.2, -0.15) is 0 Å². The molecule has 0 N–H and O–H groups in total. The molecule has 1 saturated heterocycles. The summed E-state index contributed by atoms with van der Waals surface area (Å²) in [6.45, 7) is 3.52. The maximum atomic E-state index is 13.3. The lowest BCUT2D eigenvalue weighted by Gasteiger charge is -2.35. The van der Waals surface area contributed by atoms with Gasteiger partial charge in [-0.15, -0.1) is 11.8 Å². The molecule has 0 atom stereocenters. The SMILES string of the molecule is CSc1ccc(Cl)c(C(=O)N2CCN(Cc3cccc(F)c3)CC2)c1. The van der Waals surface area contributed by atoms with Gasteiger partial charge in [-0.3, -0.25) is 9.69 Å². The number of rotatable bonds is 4. The summed E-state index contributed by atoms with van der Waals surface area (Å²) in [7, 11) is 0. The Balaban J connectivity index is 1.61. The third-order valence-electron chi connectivity index (χ3n) is 4.36. The van der Waals surface area contributed by atoms with Crippen LogP contribution in [-0.4, -0.2) is 48.1 Å². The molecule has 0 saturated carbocycles. The zero-order valence-electron chi connectivity index (χ0n) is 14.0. The Morgan fingerprint density at radius 3 is 2.60 bits per heavy atom. The van der Waals surface area contributed by atoms with Gasteiger partial charge >= 0.3 is 0 Å². The molecule has 0 aliphatic carbocycles. The van der Waals surface area contributed by atoms with Crippen LogP contribution in [0.2, 0.25) is 5.02 Å². The van der Waals surface area contributed by atoms with Crippen molar-refractivity contribution in [2.45, 2.75) is 11.4 Å². The molecule has 0 bridgehead atoms. The molecule has 6 heteroatoms. The predicted molar refractivity (Wildman–Crippen MR) is 101 cm³/mol. The third kappa shape index (κ3) is 4.54. The fourth-order valence-electron chi connectivity index (χ4n) is 2.97. The smallest absolute Gasteiger partial charge is 0.255 e. The molecule has 2 aromatic rings. The highest BCUT2D eigenvalue weighted by Gasteiger charge is 2.24. The third-order valence-corrected chi connectivity index (χ3v) is 5.41. The summed E-state index contributed by atoms with van der Waals surface area (Å²) in [5.74, 6) is -0.235. The van der Waals surface area contributed by atoms with Crippen LogP contribution < -0.4 is 0 Å². The lowest BCUT2D eigenvalue weighted by Crippen LogP contribution is -2.48. The van der Waals surface area contributed by atoms with Crippen molar-refractivity contribution < 1.29 is 9.18 Å². The number of amides is 1. The maximum absolute atomic E-state index is 13.3. The molecule has 0 aromatic heterocycles. The Hall–Kier alpha value is -1.56. The Kier molecular flexibility index (Phi) is 5.99. The van der Waals surface area contributed by atoms with Gasteiger partial charge < -0.3 is 4.90 Å². The summed E-state index contributed by atoms with van der Waals surface area (Å²) in [5, 5.41) is 0.491. The van der Waals surface area contributed by atoms with Crippen LogP contribution >= 0.6 is 23.4 Å². The molecule has 1 heterocycles. The summed E-state index contributed by atoms with van der Waals surface area (Å²) < 4.78 is 13.3. The molecule has 25 heavy (non-hydrogen) atoms. The number of thioether (sulfide) groups is 1. The lowest BCUT2D eigenvalue weighted by molar-refractivity contribution is 0.0628. The molecule has 132 valence electrons. The van der Waals surface area contributed by atoms with Crippen LogP contribution in [0.3, 0.4) is 0 Å². The van der Waals surface area contributed by atoms with Gasteiger partial charge in [0, 0.05) is 37.6 Å². The lowest BCUT2D eigenvalue weighted by atomic mass is 10.1. The van der Waals surface area contributed by atoms with E-state index in [1.54, 1.807) is 30.0 Å². The van der Waals surface area contributed by atoms with Gasteiger partial charge in [-0.25, -0.2) is 4.39 Å². The molecular weight excluding hydrogens is 359 g/mol. The van der Waals surface area contributed by atoms with E-state index in [0.717, 1.165) is 23.5 Å². The largest absolute Gasteiger partial charge is 0.336 e. The first-order valence-electron chi connectivity index (χ1n) is 8.16. The van der Waals surface area contributed by atoms with Crippen molar-refractivity contribution in [3.8, 4) is 0 Å². The minimum atomic E-state index is -0.213. The number of nitrogens with zero attached hydrogens (tertiary/aromatic N) is 2. The number of piperazine rings is 1. The van der Waals surface area contributed by atoms with Crippen LogP contribution in [0.25, 0.3) is 0 Å². The van der Waals surface area contributed by atoms with Gasteiger partial charge in [0.2, 0.25) is 0 Å². The summed E-state index contributed by atoms with van der Waals surface area (Å²) in [6.07, 6.45) is 1.97. The van der Waals surface area contributed by atoms with Crippen molar-refractivity contribution in [2.75, 3.05) is 32.4 Å². The van der Waals surface area contributed by atoms with E-state index in [4.69, 9.17) is 11.6 Å². The van der Waals surface area contributed by atoms with Crippen molar-refractivity contribution in [3.05, 3.63) is 64.4 Å². The van der Waals surface area contributed by atoms with Gasteiger partial charge in [0.05, 0.1) is 10.6 Å². The highest BCUT2D eigenvalue weighted by atomic mass is 35.5. The second-order valence-electron chi connectivity index (χ2n) is 6.04. The van der Waals surface area contributed by atoms with Gasteiger partial charge in [0.15, 0.2) is 0 Å². The second-order valence-corrected chi connectivity index (χ2v) is 7.33. The highest BCUT2D eigenvalue weighted by molar-refractivity contribution is 7.98. The van der Waals surface area contributed by atoms with E-state index < -0.39 is 0 Å². The molecule has 3 nitrogen and oxygen atoms in total. The van der Waals surface area contributed by atoms with Gasteiger partial charge in [-0.05, 0) is 42.2 Å². The van der Waals surface area contributed by atoms with Crippen LogP contribution in [-0.2, 0) is 6.54 Å². The summed E-state index contributed by atoms with van der Waals surface area (Å²) in [4.78, 5) is 17.9. The van der Waals surface area contributed by atoms with Crippen molar-refractivity contribution >= 4 is 29.3 Å². The normalized spacial score (nSPS) is 15.4. The summed E-state index contributed by atoms with van der Waals surface area (Å²) in [5.41, 5.74) is 1.52. The van der Waals surface area contributed by atoms with E-state index >= 15 is 0 Å². The summed E-state index contributed by atoms with van der Waals surface area (Å²) >= 11 is 7.81. The molecule has 0 unspecified atom stereocenters. The van der Waals surface area contributed by atoms with E-state index in [1.807, 2.05) is 29.4 Å². The van der Waals surface area contributed by atoms with E-state index in [0.29, 0.717) is 30.2 Å². The fraction of sp³-hybridized carbons (Fsp3) is 0.316. The first kappa shape index (κ1) is 18.2. The van der Waals surface area contributed by atoms with E-state index in [9.17, 15) is 9.18 Å². The van der Waals surface area contributed by atoms with E-state index in [2.05, 4.69) is 4.90 Å². The van der Waals surface area contributed by atoms with Crippen LogP contribution in [0.4, 0.5) is 4.39 Å². The highest BCUT2D eigenvalue weighted by Crippen LogP contribution is 2.24. The standard InChI is InChI=1S/C19H20ClFN2OS/c1-25-16-5-6-18(20)17(12-16)19(24)23-9-7-22(8-10-23)13-14-3-2-4-15(21)11-14/h2-6,11-12H,7-10,13H2,1H3. The maximum Gasteiger partial charge on any atom is 0.255 e. The van der Waals surface area contributed by atoms with Crippen molar-refractivity contribution in [1.29, 1.82) is 0 Å². The average Bonchev–Trinajstić information content (AvgIpc) is 2.62. The quantitative estimate of drug-likeness (QED) is 0.746. The molecule has 1 amide bonds. The van der Waals surface area contributed by atoms with Crippen LogP contribution in [0, 0.1) is 5.82 Å². The Morgan fingerprint density at radius 1 is 1.16 bits per heavy atom. The molecule has 3 rings (SSSR count). The number of carbonyl (C=O) groups is 1. The molecule has 0 spiro atoms. The average molecular weight is 379 g/mol. The van der Waals surface area contributed by atoms with Gasteiger partial charge in [0.25, 0.3) is 5.91 Å². The number of hydrogen-bond acceptors (Lipinski definition) is 3. The van der Waals surface area contributed by atoms with Gasteiger partial charge in [0.1, 0.15) is 5.82 Å².